The number of para-hydroxylation sites is 2. The van der Waals surface area contributed by atoms with Gasteiger partial charge in [-0.2, -0.15) is 0 Å². The summed E-state index contributed by atoms with van der Waals surface area (Å²) in [5.74, 6) is -0.465. The maximum Gasteiger partial charge on any atom is 0.257 e. The molecule has 6 heteroatoms. The number of fused-ring (bicyclic) bond motifs is 2. The number of hydrogen-bond acceptors (Lipinski definition) is 2. The van der Waals surface area contributed by atoms with Crippen LogP contribution in [-0.4, -0.2) is 17.1 Å². The maximum absolute atomic E-state index is 12.4. The van der Waals surface area contributed by atoms with Crippen LogP contribution in [0.1, 0.15) is 10.4 Å². The van der Waals surface area contributed by atoms with E-state index in [9.17, 15) is 9.59 Å². The zero-order chi connectivity index (χ0) is 15.0. The summed E-state index contributed by atoms with van der Waals surface area (Å²) in [6.45, 7) is 0. The highest BCUT2D eigenvalue weighted by Gasteiger charge is 2.30. The molecule has 0 bridgehead atoms. The van der Waals surface area contributed by atoms with E-state index in [1.807, 2.05) is 0 Å². The number of amides is 2. The number of halogens is 2. The quantitative estimate of drug-likeness (QED) is 0.778. The van der Waals surface area contributed by atoms with Gasteiger partial charge in [0, 0.05) is 0 Å². The normalized spacial score (nSPS) is 13.0. The first-order valence-corrected chi connectivity index (χ1v) is 7.71. The van der Waals surface area contributed by atoms with Crippen molar-refractivity contribution in [2.75, 3.05) is 15.5 Å². The number of carbonyl (C=O) groups is 2. The molecule has 0 radical (unpaired) electrons. The van der Waals surface area contributed by atoms with Crippen LogP contribution in [0.4, 0.5) is 17.1 Å². The molecule has 1 aliphatic heterocycles. The molecule has 0 aliphatic carbocycles. The topological polar surface area (TPSA) is 49.4 Å². The average Bonchev–Trinajstić information content (AvgIpc) is 2.62. The molecular formula is C15H10BrClN2O2. The van der Waals surface area contributed by atoms with Gasteiger partial charge in [0.15, 0.2) is 0 Å². The van der Waals surface area contributed by atoms with Crippen LogP contribution in [0.2, 0.25) is 5.02 Å². The van der Waals surface area contributed by atoms with E-state index in [0.29, 0.717) is 27.6 Å². The van der Waals surface area contributed by atoms with E-state index < -0.39 is 0 Å². The molecule has 2 amide bonds. The molecule has 0 fully saturated rings. The van der Waals surface area contributed by atoms with Crippen molar-refractivity contribution in [1.29, 1.82) is 0 Å². The third kappa shape index (κ3) is 2.32. The summed E-state index contributed by atoms with van der Waals surface area (Å²) < 4.78 is 0. The Morgan fingerprint density at radius 2 is 1.95 bits per heavy atom. The third-order valence-corrected chi connectivity index (χ3v) is 4.00. The van der Waals surface area contributed by atoms with Crippen molar-refractivity contribution in [1.82, 2.24) is 0 Å². The average molecular weight is 366 g/mol. The molecule has 21 heavy (non-hydrogen) atoms. The Kier molecular flexibility index (Phi) is 3.69. The predicted octanol–water partition coefficient (Wildman–Crippen LogP) is 3.97. The van der Waals surface area contributed by atoms with E-state index in [4.69, 9.17) is 11.6 Å². The van der Waals surface area contributed by atoms with Crippen molar-refractivity contribution < 1.29 is 9.59 Å². The van der Waals surface area contributed by atoms with Crippen LogP contribution in [0.3, 0.4) is 0 Å². The van der Waals surface area contributed by atoms with Crippen LogP contribution in [0.5, 0.6) is 0 Å². The van der Waals surface area contributed by atoms with Crippen molar-refractivity contribution in [3.8, 4) is 0 Å². The second-order valence-corrected chi connectivity index (χ2v) is 5.44. The van der Waals surface area contributed by atoms with Crippen LogP contribution in [0, 0.1) is 0 Å². The zero-order valence-corrected chi connectivity index (χ0v) is 13.1. The van der Waals surface area contributed by atoms with Crippen molar-refractivity contribution in [2.24, 2.45) is 0 Å². The summed E-state index contributed by atoms with van der Waals surface area (Å²) in [6, 6.07) is 12.1. The monoisotopic (exact) mass is 364 g/mol. The fourth-order valence-corrected chi connectivity index (χ4v) is 2.84. The molecule has 4 nitrogen and oxygen atoms in total. The first-order chi connectivity index (χ1) is 10.1. The van der Waals surface area contributed by atoms with Crippen molar-refractivity contribution in [3.05, 3.63) is 53.1 Å². The maximum atomic E-state index is 12.4. The van der Waals surface area contributed by atoms with Gasteiger partial charge in [-0.05, 0) is 24.3 Å². The molecule has 0 atom stereocenters. The lowest BCUT2D eigenvalue weighted by Gasteiger charge is -2.24. The van der Waals surface area contributed by atoms with Crippen LogP contribution in [0.15, 0.2) is 42.5 Å². The third-order valence-electron chi connectivity index (χ3n) is 3.21. The van der Waals surface area contributed by atoms with E-state index in [-0.39, 0.29) is 17.1 Å². The van der Waals surface area contributed by atoms with Crippen LogP contribution in [0.25, 0.3) is 0 Å². The van der Waals surface area contributed by atoms with E-state index >= 15 is 0 Å². The van der Waals surface area contributed by atoms with Gasteiger partial charge in [-0.3, -0.25) is 14.5 Å². The van der Waals surface area contributed by atoms with E-state index in [1.165, 1.54) is 4.90 Å². The molecule has 0 spiro atoms. The lowest BCUT2D eigenvalue weighted by Crippen LogP contribution is -2.27. The molecule has 106 valence electrons. The second-order valence-electron chi connectivity index (χ2n) is 4.47. The Balaban J connectivity index is 2.34. The summed E-state index contributed by atoms with van der Waals surface area (Å²) in [5, 5.41) is 3.32. The minimum atomic E-state index is -0.265. The minimum absolute atomic E-state index is 0.125. The molecule has 3 rings (SSSR count). The lowest BCUT2D eigenvalue weighted by molar-refractivity contribution is -0.115. The summed E-state index contributed by atoms with van der Waals surface area (Å²) in [4.78, 5) is 26.2. The first-order valence-electron chi connectivity index (χ1n) is 6.21. The van der Waals surface area contributed by atoms with Gasteiger partial charge in [0.2, 0.25) is 5.91 Å². The molecule has 1 N–H and O–H groups in total. The highest BCUT2D eigenvalue weighted by molar-refractivity contribution is 9.09. The molecule has 1 heterocycles. The number of nitrogens with one attached hydrogen (secondary N) is 1. The number of anilines is 3. The van der Waals surface area contributed by atoms with Gasteiger partial charge < -0.3 is 5.32 Å². The first kappa shape index (κ1) is 14.1. The SMILES string of the molecule is O=C1Nc2cccc(Cl)c2N(C(=O)CBr)c2ccccc21. The molecule has 0 saturated carbocycles. The fourth-order valence-electron chi connectivity index (χ4n) is 2.33. The van der Waals surface area contributed by atoms with E-state index in [1.54, 1.807) is 42.5 Å². The molecule has 0 saturated heterocycles. The number of rotatable bonds is 1. The summed E-state index contributed by atoms with van der Waals surface area (Å²) in [5.41, 5.74) is 1.95. The number of alkyl halides is 1. The van der Waals surface area contributed by atoms with E-state index in [0.717, 1.165) is 0 Å². The second kappa shape index (κ2) is 5.50. The Hall–Kier alpha value is -1.85. The van der Waals surface area contributed by atoms with Crippen molar-refractivity contribution in [2.45, 2.75) is 0 Å². The molecule has 0 unspecified atom stereocenters. The van der Waals surface area contributed by atoms with Gasteiger partial charge in [0.25, 0.3) is 5.91 Å². The van der Waals surface area contributed by atoms with Crippen LogP contribution < -0.4 is 10.2 Å². The Bertz CT molecular complexity index is 748. The minimum Gasteiger partial charge on any atom is -0.320 e. The van der Waals surface area contributed by atoms with Crippen LogP contribution >= 0.6 is 27.5 Å². The van der Waals surface area contributed by atoms with Crippen molar-refractivity contribution in [3.63, 3.8) is 0 Å². The van der Waals surface area contributed by atoms with E-state index in [2.05, 4.69) is 21.2 Å². The number of carbonyl (C=O) groups excluding carboxylic acids is 2. The van der Waals surface area contributed by atoms with Crippen molar-refractivity contribution >= 4 is 56.4 Å². The molecule has 0 aromatic heterocycles. The van der Waals surface area contributed by atoms with Gasteiger partial charge in [0.05, 0.1) is 33.0 Å². The summed E-state index contributed by atoms with van der Waals surface area (Å²) in [7, 11) is 0. The summed E-state index contributed by atoms with van der Waals surface area (Å²) >= 11 is 9.44. The highest BCUT2D eigenvalue weighted by Crippen LogP contribution is 2.42. The Labute approximate surface area is 134 Å². The fraction of sp³-hybridized carbons (Fsp3) is 0.0667. The van der Waals surface area contributed by atoms with Gasteiger partial charge in [0.1, 0.15) is 0 Å². The molecule has 2 aromatic rings. The Morgan fingerprint density at radius 3 is 2.71 bits per heavy atom. The number of nitrogens with zero attached hydrogens (tertiary/aromatic N) is 1. The van der Waals surface area contributed by atoms with Gasteiger partial charge >= 0.3 is 0 Å². The molecular weight excluding hydrogens is 356 g/mol. The predicted molar refractivity (Wildman–Crippen MR) is 86.8 cm³/mol. The molecule has 1 aliphatic rings. The standard InChI is InChI=1S/C15H10BrClN2O2/c16-8-13(20)19-12-7-2-1-4-9(12)15(21)18-11-6-3-5-10(17)14(11)19/h1-7H,8H2,(H,18,21). The highest BCUT2D eigenvalue weighted by atomic mass is 79.9. The number of hydrogen-bond donors (Lipinski definition) is 1. The van der Waals surface area contributed by atoms with Crippen LogP contribution in [-0.2, 0) is 4.79 Å². The summed E-state index contributed by atoms with van der Waals surface area (Å²) in [6.07, 6.45) is 0. The number of benzene rings is 2. The Morgan fingerprint density at radius 1 is 1.19 bits per heavy atom. The van der Waals surface area contributed by atoms with Gasteiger partial charge in [-0.25, -0.2) is 0 Å². The zero-order valence-electron chi connectivity index (χ0n) is 10.8. The lowest BCUT2D eigenvalue weighted by atomic mass is 10.1. The smallest absolute Gasteiger partial charge is 0.257 e. The van der Waals surface area contributed by atoms with Gasteiger partial charge in [-0.15, -0.1) is 0 Å². The largest absolute Gasteiger partial charge is 0.320 e. The molecule has 2 aromatic carbocycles. The van der Waals surface area contributed by atoms with Gasteiger partial charge in [-0.1, -0.05) is 45.7 Å².